The minimum atomic E-state index is -0.563. The van der Waals surface area contributed by atoms with Crippen LogP contribution in [0.2, 0.25) is 5.02 Å². The number of carbonyl (C=O) groups is 1. The summed E-state index contributed by atoms with van der Waals surface area (Å²) in [6, 6.07) is 7.54. The van der Waals surface area contributed by atoms with Crippen molar-refractivity contribution in [1.82, 2.24) is 0 Å². The van der Waals surface area contributed by atoms with Gasteiger partial charge in [-0.15, -0.1) is 0 Å². The molecular weight excluding hydrogens is 246 g/mol. The van der Waals surface area contributed by atoms with E-state index in [9.17, 15) is 13.6 Å². The zero-order valence-corrected chi connectivity index (χ0v) is 9.34. The smallest absolute Gasteiger partial charge is 0.150 e. The Hall–Kier alpha value is -1.74. The molecule has 0 fully saturated rings. The Morgan fingerprint density at radius 1 is 1.00 bits per heavy atom. The summed E-state index contributed by atoms with van der Waals surface area (Å²) in [6.07, 6.45) is 0.637. The SMILES string of the molecule is O=Cc1ccc(-c2cc(F)ccc2F)c(Cl)c1. The largest absolute Gasteiger partial charge is 0.298 e. The molecule has 86 valence electrons. The van der Waals surface area contributed by atoms with Crippen LogP contribution in [0, 0.1) is 11.6 Å². The second-order valence-electron chi connectivity index (χ2n) is 3.48. The third-order valence-corrected chi connectivity index (χ3v) is 2.66. The first-order chi connectivity index (χ1) is 8.11. The molecule has 2 aromatic rings. The van der Waals surface area contributed by atoms with Crippen LogP contribution in [0.1, 0.15) is 10.4 Å². The molecule has 0 unspecified atom stereocenters. The molecule has 17 heavy (non-hydrogen) atoms. The van der Waals surface area contributed by atoms with Crippen molar-refractivity contribution >= 4 is 17.9 Å². The Bertz CT molecular complexity index is 582. The molecule has 0 aliphatic carbocycles. The maximum atomic E-state index is 13.5. The fourth-order valence-corrected chi connectivity index (χ4v) is 1.82. The van der Waals surface area contributed by atoms with E-state index in [1.807, 2.05) is 0 Å². The zero-order valence-electron chi connectivity index (χ0n) is 8.58. The molecule has 4 heteroatoms. The van der Waals surface area contributed by atoms with Gasteiger partial charge in [0.1, 0.15) is 17.9 Å². The first-order valence-electron chi connectivity index (χ1n) is 4.82. The predicted octanol–water partition coefficient (Wildman–Crippen LogP) is 4.10. The van der Waals surface area contributed by atoms with E-state index in [2.05, 4.69) is 0 Å². The van der Waals surface area contributed by atoms with Crippen molar-refractivity contribution in [3.8, 4) is 11.1 Å². The average molecular weight is 253 g/mol. The number of halogens is 3. The lowest BCUT2D eigenvalue weighted by Crippen LogP contribution is -1.89. The van der Waals surface area contributed by atoms with E-state index in [4.69, 9.17) is 11.6 Å². The van der Waals surface area contributed by atoms with E-state index >= 15 is 0 Å². The van der Waals surface area contributed by atoms with Crippen molar-refractivity contribution in [2.75, 3.05) is 0 Å². The van der Waals surface area contributed by atoms with Crippen molar-refractivity contribution in [2.24, 2.45) is 0 Å². The van der Waals surface area contributed by atoms with Gasteiger partial charge in [-0.3, -0.25) is 4.79 Å². The summed E-state index contributed by atoms with van der Waals surface area (Å²) in [7, 11) is 0. The molecule has 1 nitrogen and oxygen atoms in total. The molecule has 0 spiro atoms. The van der Waals surface area contributed by atoms with Crippen LogP contribution in [-0.2, 0) is 0 Å². The monoisotopic (exact) mass is 252 g/mol. The number of benzene rings is 2. The van der Waals surface area contributed by atoms with Crippen molar-refractivity contribution in [3.63, 3.8) is 0 Å². The van der Waals surface area contributed by atoms with E-state index in [-0.39, 0.29) is 10.6 Å². The van der Waals surface area contributed by atoms with Crippen LogP contribution in [0.3, 0.4) is 0 Å². The fraction of sp³-hybridized carbons (Fsp3) is 0. The van der Waals surface area contributed by atoms with Crippen LogP contribution in [0.15, 0.2) is 36.4 Å². The molecule has 0 aromatic heterocycles. The number of rotatable bonds is 2. The second kappa shape index (κ2) is 4.63. The third kappa shape index (κ3) is 2.34. The van der Waals surface area contributed by atoms with Crippen LogP contribution in [-0.4, -0.2) is 6.29 Å². The van der Waals surface area contributed by atoms with Gasteiger partial charge in [0.2, 0.25) is 0 Å². The minimum absolute atomic E-state index is 0.0763. The maximum Gasteiger partial charge on any atom is 0.150 e. The van der Waals surface area contributed by atoms with Crippen LogP contribution in [0.25, 0.3) is 11.1 Å². The molecule has 0 aliphatic heterocycles. The quantitative estimate of drug-likeness (QED) is 0.736. The standard InChI is InChI=1S/C13H7ClF2O/c14-12-5-8(7-17)1-3-10(12)11-6-9(15)2-4-13(11)16/h1-7H. The molecule has 0 N–H and O–H groups in total. The molecule has 0 atom stereocenters. The zero-order chi connectivity index (χ0) is 12.4. The minimum Gasteiger partial charge on any atom is -0.298 e. The highest BCUT2D eigenvalue weighted by Crippen LogP contribution is 2.30. The van der Waals surface area contributed by atoms with Crippen molar-refractivity contribution in [3.05, 3.63) is 58.6 Å². The van der Waals surface area contributed by atoms with Gasteiger partial charge in [0.15, 0.2) is 0 Å². The van der Waals surface area contributed by atoms with E-state index < -0.39 is 11.6 Å². The van der Waals surface area contributed by atoms with E-state index in [0.29, 0.717) is 17.4 Å². The Morgan fingerprint density at radius 3 is 2.41 bits per heavy atom. The summed E-state index contributed by atoms with van der Waals surface area (Å²) in [5.74, 6) is -1.11. The summed E-state index contributed by atoms with van der Waals surface area (Å²) in [5.41, 5.74) is 0.817. The highest BCUT2D eigenvalue weighted by Gasteiger charge is 2.10. The first kappa shape index (κ1) is 11.7. The Balaban J connectivity index is 2.60. The second-order valence-corrected chi connectivity index (χ2v) is 3.89. The van der Waals surface area contributed by atoms with Gasteiger partial charge in [-0.25, -0.2) is 8.78 Å². The maximum absolute atomic E-state index is 13.5. The van der Waals surface area contributed by atoms with Gasteiger partial charge in [0, 0.05) is 21.7 Å². The number of hydrogen-bond acceptors (Lipinski definition) is 1. The third-order valence-electron chi connectivity index (χ3n) is 2.35. The van der Waals surface area contributed by atoms with Gasteiger partial charge in [-0.05, 0) is 24.3 Å². The summed E-state index contributed by atoms with van der Waals surface area (Å²) in [5, 5.41) is 0.208. The number of hydrogen-bond donors (Lipinski definition) is 0. The molecule has 0 saturated carbocycles. The van der Waals surface area contributed by atoms with Gasteiger partial charge in [-0.1, -0.05) is 23.7 Å². The highest BCUT2D eigenvalue weighted by atomic mass is 35.5. The number of carbonyl (C=O) groups excluding carboxylic acids is 1. The molecule has 0 radical (unpaired) electrons. The van der Waals surface area contributed by atoms with Gasteiger partial charge < -0.3 is 0 Å². The lowest BCUT2D eigenvalue weighted by atomic mass is 10.0. The first-order valence-corrected chi connectivity index (χ1v) is 5.20. The van der Waals surface area contributed by atoms with Gasteiger partial charge >= 0.3 is 0 Å². The van der Waals surface area contributed by atoms with E-state index in [0.717, 1.165) is 18.2 Å². The summed E-state index contributed by atoms with van der Waals surface area (Å²) < 4.78 is 26.6. The van der Waals surface area contributed by atoms with Gasteiger partial charge in [0.25, 0.3) is 0 Å². The summed E-state index contributed by atoms with van der Waals surface area (Å²) >= 11 is 5.92. The molecule has 0 bridgehead atoms. The topological polar surface area (TPSA) is 17.1 Å². The van der Waals surface area contributed by atoms with Gasteiger partial charge in [0.05, 0.1) is 0 Å². The van der Waals surface area contributed by atoms with Crippen LogP contribution in [0.5, 0.6) is 0 Å². The summed E-state index contributed by atoms with van der Waals surface area (Å²) in [6.45, 7) is 0. The molecule has 0 amide bonds. The molecule has 0 heterocycles. The Labute approximate surface area is 102 Å². The molecular formula is C13H7ClF2O. The average Bonchev–Trinajstić information content (AvgIpc) is 2.32. The lowest BCUT2D eigenvalue weighted by Gasteiger charge is -2.06. The lowest BCUT2D eigenvalue weighted by molar-refractivity contribution is 0.112. The van der Waals surface area contributed by atoms with Crippen LogP contribution in [0.4, 0.5) is 8.78 Å². The molecule has 2 aromatic carbocycles. The van der Waals surface area contributed by atoms with Crippen molar-refractivity contribution < 1.29 is 13.6 Å². The molecule has 0 saturated heterocycles. The van der Waals surface area contributed by atoms with E-state index in [1.54, 1.807) is 0 Å². The normalized spacial score (nSPS) is 10.3. The van der Waals surface area contributed by atoms with Crippen molar-refractivity contribution in [1.29, 1.82) is 0 Å². The Kier molecular flexibility index (Phi) is 3.20. The Morgan fingerprint density at radius 2 is 1.76 bits per heavy atom. The number of aldehydes is 1. The van der Waals surface area contributed by atoms with Gasteiger partial charge in [-0.2, -0.15) is 0 Å². The van der Waals surface area contributed by atoms with E-state index in [1.165, 1.54) is 18.2 Å². The van der Waals surface area contributed by atoms with Crippen molar-refractivity contribution in [2.45, 2.75) is 0 Å². The summed E-state index contributed by atoms with van der Waals surface area (Å²) in [4.78, 5) is 10.5. The predicted molar refractivity (Wildman–Crippen MR) is 62.2 cm³/mol. The molecule has 0 aliphatic rings. The highest BCUT2D eigenvalue weighted by molar-refractivity contribution is 6.33. The van der Waals surface area contributed by atoms with Crippen LogP contribution < -0.4 is 0 Å². The van der Waals surface area contributed by atoms with Crippen LogP contribution >= 0.6 is 11.6 Å². The fourth-order valence-electron chi connectivity index (χ4n) is 1.53. The molecule has 2 rings (SSSR count).